The van der Waals surface area contributed by atoms with E-state index in [1.807, 2.05) is 18.2 Å². The van der Waals surface area contributed by atoms with Crippen LogP contribution in [0.4, 0.5) is 10.1 Å². The van der Waals surface area contributed by atoms with Crippen LogP contribution in [0.25, 0.3) is 11.3 Å². The molecule has 0 aliphatic carbocycles. The Kier molecular flexibility index (Phi) is 5.30. The van der Waals surface area contributed by atoms with E-state index in [1.54, 1.807) is 6.92 Å². The Labute approximate surface area is 173 Å². The van der Waals surface area contributed by atoms with Crippen LogP contribution in [0.3, 0.4) is 0 Å². The van der Waals surface area contributed by atoms with Gasteiger partial charge in [-0.1, -0.05) is 18.2 Å². The molecule has 2 aliphatic heterocycles. The van der Waals surface area contributed by atoms with E-state index in [1.165, 1.54) is 25.3 Å². The summed E-state index contributed by atoms with van der Waals surface area (Å²) in [6.45, 7) is 2.05. The number of fused-ring (bicyclic) bond motifs is 2. The van der Waals surface area contributed by atoms with E-state index in [9.17, 15) is 19.1 Å². The SMILES string of the molecule is CO[C@H](C)C(CCc1ccc2c(c1)CO/C2=C1/C(=O)Nc2ccc(F)cc21)C(=O)O. The molecule has 0 fully saturated rings. The second-order valence-corrected chi connectivity index (χ2v) is 7.55. The molecule has 0 spiro atoms. The number of anilines is 1. The summed E-state index contributed by atoms with van der Waals surface area (Å²) < 4.78 is 24.7. The number of aliphatic carboxylic acids is 1. The Balaban J connectivity index is 1.61. The second-order valence-electron chi connectivity index (χ2n) is 7.55. The Bertz CT molecular complexity index is 1060. The molecule has 0 aromatic heterocycles. The molecule has 1 unspecified atom stereocenters. The van der Waals surface area contributed by atoms with Crippen molar-refractivity contribution in [3.63, 3.8) is 0 Å². The second kappa shape index (κ2) is 7.91. The monoisotopic (exact) mass is 411 g/mol. The van der Waals surface area contributed by atoms with E-state index in [0.29, 0.717) is 42.0 Å². The lowest BCUT2D eigenvalue weighted by atomic mass is 9.93. The van der Waals surface area contributed by atoms with E-state index < -0.39 is 17.7 Å². The smallest absolute Gasteiger partial charge is 0.309 e. The van der Waals surface area contributed by atoms with Gasteiger partial charge in [-0.25, -0.2) is 4.39 Å². The third kappa shape index (κ3) is 3.57. The molecule has 2 aliphatic rings. The first-order chi connectivity index (χ1) is 14.4. The normalized spacial score (nSPS) is 19.0. The minimum Gasteiger partial charge on any atom is -0.487 e. The highest BCUT2D eigenvalue weighted by molar-refractivity contribution is 6.36. The number of amides is 1. The van der Waals surface area contributed by atoms with Crippen molar-refractivity contribution in [2.24, 2.45) is 5.92 Å². The first-order valence-electron chi connectivity index (χ1n) is 9.75. The minimum absolute atomic E-state index is 0.302. The summed E-state index contributed by atoms with van der Waals surface area (Å²) in [5.41, 5.74) is 4.08. The number of nitrogens with one attached hydrogen (secondary N) is 1. The summed E-state index contributed by atoms with van der Waals surface area (Å²) in [5, 5.41) is 12.2. The number of carboxylic acid groups (broad SMARTS) is 1. The number of carbonyl (C=O) groups excluding carboxylic acids is 1. The van der Waals surface area contributed by atoms with Gasteiger partial charge in [0, 0.05) is 29.5 Å². The maximum atomic E-state index is 13.7. The third-order valence-corrected chi connectivity index (χ3v) is 5.74. The van der Waals surface area contributed by atoms with E-state index in [4.69, 9.17) is 9.47 Å². The van der Waals surface area contributed by atoms with Crippen molar-refractivity contribution in [2.75, 3.05) is 12.4 Å². The number of hydrogen-bond donors (Lipinski definition) is 2. The predicted molar refractivity (Wildman–Crippen MR) is 109 cm³/mol. The van der Waals surface area contributed by atoms with Gasteiger partial charge >= 0.3 is 5.97 Å². The molecule has 2 N–H and O–H groups in total. The molecule has 7 heteroatoms. The van der Waals surface area contributed by atoms with Crippen LogP contribution < -0.4 is 5.32 Å². The number of ether oxygens (including phenoxy) is 2. The van der Waals surface area contributed by atoms with Gasteiger partial charge in [-0.05, 0) is 43.5 Å². The average Bonchev–Trinajstić information content (AvgIpc) is 3.26. The fourth-order valence-electron chi connectivity index (χ4n) is 3.99. The Morgan fingerprint density at radius 1 is 1.27 bits per heavy atom. The number of hydrogen-bond acceptors (Lipinski definition) is 4. The first-order valence-corrected chi connectivity index (χ1v) is 9.75. The molecule has 156 valence electrons. The van der Waals surface area contributed by atoms with Crippen LogP contribution in [-0.2, 0) is 32.1 Å². The maximum Gasteiger partial charge on any atom is 0.309 e. The molecule has 2 aromatic carbocycles. The van der Waals surface area contributed by atoms with E-state index in [2.05, 4.69) is 5.32 Å². The molecule has 0 saturated heterocycles. The molecule has 2 aromatic rings. The highest BCUT2D eigenvalue weighted by Gasteiger charge is 2.33. The van der Waals surface area contributed by atoms with Crippen LogP contribution in [0.2, 0.25) is 0 Å². The summed E-state index contributed by atoms with van der Waals surface area (Å²) in [5.74, 6) is -1.77. The van der Waals surface area contributed by atoms with E-state index in [-0.39, 0.29) is 12.0 Å². The van der Waals surface area contributed by atoms with Gasteiger partial charge in [0.15, 0.2) is 0 Å². The molecule has 1 amide bonds. The zero-order valence-corrected chi connectivity index (χ0v) is 16.7. The van der Waals surface area contributed by atoms with Crippen molar-refractivity contribution < 1.29 is 28.6 Å². The molecular formula is C23H22FNO5. The van der Waals surface area contributed by atoms with Gasteiger partial charge in [0.25, 0.3) is 5.91 Å². The number of carboxylic acids is 1. The lowest BCUT2D eigenvalue weighted by Crippen LogP contribution is -2.27. The topological polar surface area (TPSA) is 84.9 Å². The van der Waals surface area contributed by atoms with E-state index >= 15 is 0 Å². The fourth-order valence-corrected chi connectivity index (χ4v) is 3.99. The van der Waals surface area contributed by atoms with Crippen molar-refractivity contribution in [3.05, 3.63) is 64.5 Å². The molecule has 0 saturated carbocycles. The summed E-state index contributed by atoms with van der Waals surface area (Å²) in [6.07, 6.45) is 0.656. The van der Waals surface area contributed by atoms with Gasteiger partial charge in [0.2, 0.25) is 0 Å². The van der Waals surface area contributed by atoms with Gasteiger partial charge in [-0.3, -0.25) is 9.59 Å². The van der Waals surface area contributed by atoms with Crippen molar-refractivity contribution >= 4 is 28.9 Å². The Hall–Kier alpha value is -3.19. The lowest BCUT2D eigenvalue weighted by molar-refractivity contribution is -0.146. The zero-order chi connectivity index (χ0) is 21.4. The van der Waals surface area contributed by atoms with E-state index in [0.717, 1.165) is 16.7 Å². The minimum atomic E-state index is -0.876. The molecule has 2 atom stereocenters. The van der Waals surface area contributed by atoms with Crippen molar-refractivity contribution in [2.45, 2.75) is 32.5 Å². The Morgan fingerprint density at radius 3 is 2.80 bits per heavy atom. The predicted octanol–water partition coefficient (Wildman–Crippen LogP) is 3.84. The average molecular weight is 411 g/mol. The quantitative estimate of drug-likeness (QED) is 0.706. The standard InChI is InChI=1S/C23H22FNO5/c1-12(29-2)16(23(27)28)6-3-13-4-7-17-14(9-13)11-30-21(17)20-18-10-15(24)5-8-19(18)25-22(20)26/h4-5,7-10,12,16H,3,6,11H2,1-2H3,(H,25,26)(H,27,28)/b21-20+/t12-,16?/m1/s1. The van der Waals surface area contributed by atoms with Crippen molar-refractivity contribution in [1.82, 2.24) is 0 Å². The number of halogens is 1. The number of benzene rings is 2. The highest BCUT2D eigenvalue weighted by atomic mass is 19.1. The number of rotatable bonds is 6. The van der Waals surface area contributed by atoms with Gasteiger partial charge in [-0.2, -0.15) is 0 Å². The van der Waals surface area contributed by atoms with Crippen LogP contribution in [0.1, 0.15) is 35.6 Å². The van der Waals surface area contributed by atoms with Crippen LogP contribution >= 0.6 is 0 Å². The van der Waals surface area contributed by atoms with Crippen LogP contribution in [0.5, 0.6) is 0 Å². The Morgan fingerprint density at radius 2 is 2.07 bits per heavy atom. The third-order valence-electron chi connectivity index (χ3n) is 5.74. The molecular weight excluding hydrogens is 389 g/mol. The molecule has 4 rings (SSSR count). The molecule has 0 bridgehead atoms. The number of aryl methyl sites for hydroxylation is 1. The van der Waals surface area contributed by atoms with Gasteiger partial charge < -0.3 is 19.9 Å². The molecule has 30 heavy (non-hydrogen) atoms. The number of carbonyl (C=O) groups is 2. The number of methoxy groups -OCH3 is 1. The van der Waals surface area contributed by atoms with Gasteiger partial charge in [0.05, 0.1) is 17.6 Å². The summed E-state index contributed by atoms with van der Waals surface area (Å²) in [4.78, 5) is 24.0. The van der Waals surface area contributed by atoms with Crippen LogP contribution in [0, 0.1) is 11.7 Å². The van der Waals surface area contributed by atoms with Crippen LogP contribution in [-0.4, -0.2) is 30.2 Å². The summed E-state index contributed by atoms with van der Waals surface area (Å²) in [6, 6.07) is 9.92. The molecule has 6 nitrogen and oxygen atoms in total. The summed E-state index contributed by atoms with van der Waals surface area (Å²) in [7, 11) is 1.51. The van der Waals surface area contributed by atoms with Crippen molar-refractivity contribution in [3.8, 4) is 0 Å². The van der Waals surface area contributed by atoms with Crippen molar-refractivity contribution in [1.29, 1.82) is 0 Å². The highest BCUT2D eigenvalue weighted by Crippen LogP contribution is 2.42. The van der Waals surface area contributed by atoms with Crippen LogP contribution in [0.15, 0.2) is 36.4 Å². The largest absolute Gasteiger partial charge is 0.487 e. The fraction of sp³-hybridized carbons (Fsp3) is 0.304. The zero-order valence-electron chi connectivity index (χ0n) is 16.7. The van der Waals surface area contributed by atoms with Gasteiger partial charge in [0.1, 0.15) is 18.2 Å². The lowest BCUT2D eigenvalue weighted by Gasteiger charge is -2.18. The first kappa shape index (κ1) is 20.1. The molecule has 0 radical (unpaired) electrons. The van der Waals surface area contributed by atoms with Gasteiger partial charge in [-0.15, -0.1) is 0 Å². The molecule has 2 heterocycles. The summed E-state index contributed by atoms with van der Waals surface area (Å²) >= 11 is 0. The maximum absolute atomic E-state index is 13.7.